The number of carbonyl (C=O) groups is 2. The number of nitrogens with one attached hydrogen (secondary N) is 1. The quantitative estimate of drug-likeness (QED) is 0.442. The Morgan fingerprint density at radius 3 is 2.56 bits per heavy atom. The molecule has 0 aliphatic rings. The van der Waals surface area contributed by atoms with Gasteiger partial charge < -0.3 is 19.2 Å². The van der Waals surface area contributed by atoms with E-state index in [0.717, 1.165) is 22.5 Å². The molecule has 2 aromatic carbocycles. The third kappa shape index (κ3) is 4.95. The first-order valence-electron chi connectivity index (χ1n) is 10.2. The van der Waals surface area contributed by atoms with Gasteiger partial charge in [-0.3, -0.25) is 4.79 Å². The van der Waals surface area contributed by atoms with Gasteiger partial charge in [0, 0.05) is 18.1 Å². The van der Waals surface area contributed by atoms with Crippen LogP contribution in [0.4, 0.5) is 5.69 Å². The first-order chi connectivity index (χ1) is 15.5. The number of benzene rings is 2. The van der Waals surface area contributed by atoms with Crippen LogP contribution < -0.4 is 10.1 Å². The number of rotatable bonds is 7. The molecular formula is C25H23N3O4. The second kappa shape index (κ2) is 9.34. The summed E-state index contributed by atoms with van der Waals surface area (Å²) in [5, 5.41) is 2.70. The zero-order valence-electron chi connectivity index (χ0n) is 17.9. The number of pyridine rings is 1. The van der Waals surface area contributed by atoms with Crippen molar-refractivity contribution in [3.05, 3.63) is 95.4 Å². The maximum atomic E-state index is 12.6. The van der Waals surface area contributed by atoms with Crippen molar-refractivity contribution < 1.29 is 19.1 Å². The summed E-state index contributed by atoms with van der Waals surface area (Å²) in [4.78, 5) is 29.2. The fraction of sp³-hybridized carbons (Fsp3) is 0.160. The van der Waals surface area contributed by atoms with E-state index in [9.17, 15) is 9.59 Å². The lowest BCUT2D eigenvalue weighted by molar-refractivity contribution is -0.119. The van der Waals surface area contributed by atoms with Crippen molar-refractivity contribution in [2.45, 2.75) is 20.5 Å². The van der Waals surface area contributed by atoms with E-state index in [1.165, 1.54) is 0 Å². The highest BCUT2D eigenvalue weighted by atomic mass is 16.5. The summed E-state index contributed by atoms with van der Waals surface area (Å²) in [6.07, 6.45) is 3.81. The minimum absolute atomic E-state index is 0.194. The first kappa shape index (κ1) is 21.1. The van der Waals surface area contributed by atoms with Crippen molar-refractivity contribution in [2.24, 2.45) is 0 Å². The van der Waals surface area contributed by atoms with Gasteiger partial charge in [-0.05, 0) is 49.7 Å². The zero-order chi connectivity index (χ0) is 22.5. The predicted molar refractivity (Wildman–Crippen MR) is 121 cm³/mol. The smallest absolute Gasteiger partial charge is 0.342 e. The maximum Gasteiger partial charge on any atom is 0.342 e. The predicted octanol–water partition coefficient (Wildman–Crippen LogP) is 4.33. The van der Waals surface area contributed by atoms with Gasteiger partial charge in [0.2, 0.25) is 0 Å². The summed E-state index contributed by atoms with van der Waals surface area (Å²) in [5.41, 5.74) is 4.63. The summed E-state index contributed by atoms with van der Waals surface area (Å²) in [6.45, 7) is 3.75. The highest BCUT2D eigenvalue weighted by Crippen LogP contribution is 2.21. The summed E-state index contributed by atoms with van der Waals surface area (Å²) < 4.78 is 13.0. The van der Waals surface area contributed by atoms with Gasteiger partial charge in [0.05, 0.1) is 5.69 Å². The number of anilines is 1. The fourth-order valence-corrected chi connectivity index (χ4v) is 3.23. The topological polar surface area (TPSA) is 81.9 Å². The molecule has 2 heterocycles. The summed E-state index contributed by atoms with van der Waals surface area (Å²) in [7, 11) is 0. The lowest BCUT2D eigenvalue weighted by Crippen LogP contribution is -2.21. The molecule has 0 radical (unpaired) electrons. The number of amides is 1. The molecule has 0 bridgehead atoms. The molecule has 4 rings (SSSR count). The van der Waals surface area contributed by atoms with Crippen molar-refractivity contribution in [1.29, 1.82) is 0 Å². The van der Waals surface area contributed by atoms with E-state index in [2.05, 4.69) is 10.3 Å². The number of esters is 1. The monoisotopic (exact) mass is 429 g/mol. The van der Waals surface area contributed by atoms with E-state index in [1.54, 1.807) is 36.4 Å². The lowest BCUT2D eigenvalue weighted by Gasteiger charge is -2.11. The second-order valence-corrected chi connectivity index (χ2v) is 7.43. The molecule has 0 aliphatic heterocycles. The molecule has 162 valence electrons. The Kier molecular flexibility index (Phi) is 6.17. The molecule has 0 spiro atoms. The number of carbonyl (C=O) groups excluding carboxylic acids is 2. The molecule has 2 aromatic heterocycles. The van der Waals surface area contributed by atoms with Crippen LogP contribution in [0.2, 0.25) is 0 Å². The van der Waals surface area contributed by atoms with Crippen LogP contribution in [0.15, 0.2) is 73.1 Å². The van der Waals surface area contributed by atoms with Crippen LogP contribution in [0.25, 0.3) is 5.65 Å². The first-order valence-corrected chi connectivity index (χ1v) is 10.2. The molecule has 7 nitrogen and oxygen atoms in total. The van der Waals surface area contributed by atoms with Crippen molar-refractivity contribution in [2.75, 3.05) is 11.9 Å². The van der Waals surface area contributed by atoms with E-state index in [-0.39, 0.29) is 12.2 Å². The van der Waals surface area contributed by atoms with E-state index in [0.29, 0.717) is 11.4 Å². The Morgan fingerprint density at radius 1 is 1.00 bits per heavy atom. The second-order valence-electron chi connectivity index (χ2n) is 7.43. The normalized spacial score (nSPS) is 10.7. The summed E-state index contributed by atoms with van der Waals surface area (Å²) >= 11 is 0. The van der Waals surface area contributed by atoms with Gasteiger partial charge in [-0.1, -0.05) is 35.9 Å². The number of hydrogen-bond donors (Lipinski definition) is 1. The number of imidazole rings is 1. The minimum atomic E-state index is -0.634. The number of nitrogens with zero attached hydrogens (tertiary/aromatic N) is 2. The van der Waals surface area contributed by atoms with Crippen molar-refractivity contribution in [1.82, 2.24) is 9.38 Å². The number of ether oxygens (including phenoxy) is 2. The van der Waals surface area contributed by atoms with Crippen LogP contribution in [0, 0.1) is 13.8 Å². The van der Waals surface area contributed by atoms with Crippen molar-refractivity contribution in [3.63, 3.8) is 0 Å². The average molecular weight is 429 g/mol. The van der Waals surface area contributed by atoms with Crippen LogP contribution in [-0.2, 0) is 16.1 Å². The minimum Gasteiger partial charge on any atom is -0.486 e. The molecule has 0 saturated heterocycles. The molecule has 0 aliphatic carbocycles. The zero-order valence-corrected chi connectivity index (χ0v) is 17.9. The SMILES string of the molecule is Cc1ccc(NC(=O)COC(=O)c2ccccc2OCc2cn3cccc(C)c3n2)cc1. The van der Waals surface area contributed by atoms with Crippen LogP contribution in [-0.4, -0.2) is 27.9 Å². The highest BCUT2D eigenvalue weighted by molar-refractivity contribution is 5.96. The van der Waals surface area contributed by atoms with Crippen LogP contribution in [0.5, 0.6) is 5.75 Å². The number of aryl methyl sites for hydroxylation is 2. The number of hydrogen-bond acceptors (Lipinski definition) is 5. The Bertz CT molecular complexity index is 1260. The van der Waals surface area contributed by atoms with Crippen LogP contribution in [0.1, 0.15) is 27.2 Å². The molecule has 1 amide bonds. The number of fused-ring (bicyclic) bond motifs is 1. The third-order valence-corrected chi connectivity index (χ3v) is 4.88. The third-order valence-electron chi connectivity index (χ3n) is 4.88. The molecule has 4 aromatic rings. The van der Waals surface area contributed by atoms with Gasteiger partial charge >= 0.3 is 5.97 Å². The van der Waals surface area contributed by atoms with E-state index in [4.69, 9.17) is 9.47 Å². The van der Waals surface area contributed by atoms with Gasteiger partial charge in [0.1, 0.15) is 23.6 Å². The Hall–Kier alpha value is -4.13. The lowest BCUT2D eigenvalue weighted by atomic mass is 10.2. The van der Waals surface area contributed by atoms with Crippen LogP contribution >= 0.6 is 0 Å². The molecule has 0 saturated carbocycles. The molecule has 7 heteroatoms. The van der Waals surface area contributed by atoms with Gasteiger partial charge in [-0.15, -0.1) is 0 Å². The Labute approximate surface area is 185 Å². The van der Waals surface area contributed by atoms with Crippen LogP contribution in [0.3, 0.4) is 0 Å². The maximum absolute atomic E-state index is 12.6. The number of aromatic nitrogens is 2. The Morgan fingerprint density at radius 2 is 1.78 bits per heavy atom. The Balaban J connectivity index is 1.37. The van der Waals surface area contributed by atoms with Gasteiger partial charge in [-0.25, -0.2) is 9.78 Å². The van der Waals surface area contributed by atoms with E-state index < -0.39 is 18.5 Å². The van der Waals surface area contributed by atoms with Gasteiger partial charge in [0.25, 0.3) is 5.91 Å². The largest absolute Gasteiger partial charge is 0.486 e. The fourth-order valence-electron chi connectivity index (χ4n) is 3.23. The number of para-hydroxylation sites is 1. The molecule has 0 unspecified atom stereocenters. The summed E-state index contributed by atoms with van der Waals surface area (Å²) in [6, 6.07) is 18.1. The molecule has 0 fully saturated rings. The molecule has 0 atom stereocenters. The van der Waals surface area contributed by atoms with E-state index in [1.807, 2.05) is 54.9 Å². The molecular weight excluding hydrogens is 406 g/mol. The van der Waals surface area contributed by atoms with Gasteiger partial charge in [0.15, 0.2) is 6.61 Å². The van der Waals surface area contributed by atoms with Crippen molar-refractivity contribution >= 4 is 23.2 Å². The molecule has 32 heavy (non-hydrogen) atoms. The standard InChI is InChI=1S/C25H23N3O4/c1-17-9-11-19(12-10-17)26-23(29)16-32-25(30)21-7-3-4-8-22(21)31-15-20-14-28-13-5-6-18(2)24(28)27-20/h3-14H,15-16H2,1-2H3,(H,26,29). The summed E-state index contributed by atoms with van der Waals surface area (Å²) in [5.74, 6) is -0.684. The van der Waals surface area contributed by atoms with Gasteiger partial charge in [-0.2, -0.15) is 0 Å². The van der Waals surface area contributed by atoms with E-state index >= 15 is 0 Å². The molecule has 1 N–H and O–H groups in total. The van der Waals surface area contributed by atoms with Crippen molar-refractivity contribution in [3.8, 4) is 5.75 Å². The average Bonchev–Trinajstić information content (AvgIpc) is 3.22. The highest BCUT2D eigenvalue weighted by Gasteiger charge is 2.16.